The molecule has 12 heavy (non-hydrogen) atoms. The lowest BCUT2D eigenvalue weighted by Crippen LogP contribution is -2.26. The number of hydrogen-bond donors (Lipinski definition) is 2. The maximum atomic E-state index is 8.76. The summed E-state index contributed by atoms with van der Waals surface area (Å²) in [4.78, 5) is 1.22. The monoisotopic (exact) mass is 249 g/mol. The van der Waals surface area contributed by atoms with E-state index >= 15 is 0 Å². The average Bonchev–Trinajstić information content (AvgIpc) is 2.36. The van der Waals surface area contributed by atoms with Gasteiger partial charge in [0, 0.05) is 21.8 Å². The highest BCUT2D eigenvalue weighted by atomic mass is 79.9. The molecule has 0 saturated carbocycles. The van der Waals surface area contributed by atoms with Gasteiger partial charge < -0.3 is 10.8 Å². The van der Waals surface area contributed by atoms with Crippen LogP contribution in [0, 0.1) is 6.92 Å². The second-order valence-electron chi connectivity index (χ2n) is 2.80. The zero-order valence-electron chi connectivity index (χ0n) is 6.88. The highest BCUT2D eigenvalue weighted by Gasteiger charge is 2.09. The third kappa shape index (κ3) is 2.29. The number of thiophene rings is 1. The normalized spacial score (nSPS) is 13.3. The zero-order chi connectivity index (χ0) is 9.14. The van der Waals surface area contributed by atoms with Crippen molar-refractivity contribution in [3.05, 3.63) is 20.3 Å². The highest BCUT2D eigenvalue weighted by molar-refractivity contribution is 9.10. The molecular weight excluding hydrogens is 238 g/mol. The Morgan fingerprint density at radius 1 is 1.75 bits per heavy atom. The van der Waals surface area contributed by atoms with Gasteiger partial charge in [-0.15, -0.1) is 11.3 Å². The summed E-state index contributed by atoms with van der Waals surface area (Å²) in [5.41, 5.74) is 6.86. The Balaban J connectivity index is 2.69. The van der Waals surface area contributed by atoms with Gasteiger partial charge in [0.1, 0.15) is 0 Å². The number of aryl methyl sites for hydroxylation is 1. The molecule has 0 fully saturated rings. The van der Waals surface area contributed by atoms with Crippen molar-refractivity contribution in [1.82, 2.24) is 0 Å². The first kappa shape index (κ1) is 10.2. The molecule has 68 valence electrons. The van der Waals surface area contributed by atoms with Gasteiger partial charge in [-0.1, -0.05) is 0 Å². The average molecular weight is 250 g/mol. The predicted octanol–water partition coefficient (Wildman–Crippen LogP) is 1.68. The van der Waals surface area contributed by atoms with Gasteiger partial charge >= 0.3 is 0 Å². The molecule has 1 aromatic heterocycles. The summed E-state index contributed by atoms with van der Waals surface area (Å²) in [5.74, 6) is 0. The quantitative estimate of drug-likeness (QED) is 0.857. The van der Waals surface area contributed by atoms with Crippen molar-refractivity contribution in [2.75, 3.05) is 6.61 Å². The van der Waals surface area contributed by atoms with E-state index in [9.17, 15) is 0 Å². The van der Waals surface area contributed by atoms with Crippen LogP contribution in [-0.4, -0.2) is 17.8 Å². The minimum absolute atomic E-state index is 0.0450. The second-order valence-corrected chi connectivity index (χ2v) is 4.56. The van der Waals surface area contributed by atoms with Crippen LogP contribution in [0.2, 0.25) is 0 Å². The molecule has 2 nitrogen and oxygen atoms in total. The molecule has 1 atom stereocenters. The van der Waals surface area contributed by atoms with Gasteiger partial charge in [0.2, 0.25) is 0 Å². The van der Waals surface area contributed by atoms with Crippen molar-refractivity contribution in [2.45, 2.75) is 19.4 Å². The van der Waals surface area contributed by atoms with Crippen molar-refractivity contribution >= 4 is 27.3 Å². The number of halogens is 1. The number of aliphatic hydroxyl groups excluding tert-OH is 1. The maximum Gasteiger partial charge on any atom is 0.0586 e. The fourth-order valence-electron chi connectivity index (χ4n) is 0.923. The molecule has 3 N–H and O–H groups in total. The third-order valence-electron chi connectivity index (χ3n) is 1.65. The number of aliphatic hydroxyl groups is 1. The maximum absolute atomic E-state index is 8.76. The molecule has 0 amide bonds. The molecule has 0 saturated heterocycles. The van der Waals surface area contributed by atoms with Crippen LogP contribution in [0.4, 0.5) is 0 Å². The lowest BCUT2D eigenvalue weighted by Gasteiger charge is -2.05. The van der Waals surface area contributed by atoms with Crippen molar-refractivity contribution in [3.63, 3.8) is 0 Å². The smallest absolute Gasteiger partial charge is 0.0586 e. The molecule has 0 spiro atoms. The topological polar surface area (TPSA) is 46.2 Å². The van der Waals surface area contributed by atoms with E-state index in [0.717, 1.165) is 10.9 Å². The number of rotatable bonds is 3. The van der Waals surface area contributed by atoms with Crippen LogP contribution in [-0.2, 0) is 6.42 Å². The first-order valence-corrected chi connectivity index (χ1v) is 5.41. The first-order valence-electron chi connectivity index (χ1n) is 3.74. The summed E-state index contributed by atoms with van der Waals surface area (Å²) < 4.78 is 1.14. The molecule has 0 aliphatic carbocycles. The molecule has 0 radical (unpaired) electrons. The lowest BCUT2D eigenvalue weighted by molar-refractivity contribution is 0.265. The minimum Gasteiger partial charge on any atom is -0.395 e. The molecule has 1 aromatic rings. The Kier molecular flexibility index (Phi) is 3.71. The lowest BCUT2D eigenvalue weighted by atomic mass is 10.2. The molecule has 1 unspecified atom stereocenters. The van der Waals surface area contributed by atoms with Crippen molar-refractivity contribution < 1.29 is 5.11 Å². The SMILES string of the molecule is Cc1csc(CC(N)CO)c1Br. The molecule has 0 aliphatic rings. The van der Waals surface area contributed by atoms with E-state index in [4.69, 9.17) is 10.8 Å². The van der Waals surface area contributed by atoms with Crippen molar-refractivity contribution in [3.8, 4) is 0 Å². The highest BCUT2D eigenvalue weighted by Crippen LogP contribution is 2.28. The summed E-state index contributed by atoms with van der Waals surface area (Å²) in [7, 11) is 0. The summed E-state index contributed by atoms with van der Waals surface area (Å²) in [6.07, 6.45) is 0.746. The summed E-state index contributed by atoms with van der Waals surface area (Å²) in [6.45, 7) is 2.10. The van der Waals surface area contributed by atoms with Gasteiger partial charge in [-0.05, 0) is 33.8 Å². The van der Waals surface area contributed by atoms with Crippen LogP contribution in [0.3, 0.4) is 0 Å². The van der Waals surface area contributed by atoms with E-state index in [1.54, 1.807) is 11.3 Å². The van der Waals surface area contributed by atoms with Crippen LogP contribution in [0.1, 0.15) is 10.4 Å². The van der Waals surface area contributed by atoms with Gasteiger partial charge in [0.15, 0.2) is 0 Å². The largest absolute Gasteiger partial charge is 0.395 e. The summed E-state index contributed by atoms with van der Waals surface area (Å²) in [5, 5.41) is 10.8. The number of nitrogens with two attached hydrogens (primary N) is 1. The van der Waals surface area contributed by atoms with Crippen LogP contribution in [0.15, 0.2) is 9.85 Å². The van der Waals surface area contributed by atoms with Crippen LogP contribution in [0.25, 0.3) is 0 Å². The van der Waals surface area contributed by atoms with E-state index in [2.05, 4.69) is 28.2 Å². The van der Waals surface area contributed by atoms with Gasteiger partial charge in [-0.25, -0.2) is 0 Å². The minimum atomic E-state index is -0.139. The van der Waals surface area contributed by atoms with Crippen LogP contribution in [0.5, 0.6) is 0 Å². The fourth-order valence-corrected chi connectivity index (χ4v) is 2.64. The van der Waals surface area contributed by atoms with E-state index in [1.807, 2.05) is 0 Å². The summed E-state index contributed by atoms with van der Waals surface area (Å²) >= 11 is 5.16. The zero-order valence-corrected chi connectivity index (χ0v) is 9.28. The predicted molar refractivity (Wildman–Crippen MR) is 55.5 cm³/mol. The summed E-state index contributed by atoms with van der Waals surface area (Å²) in [6, 6.07) is -0.139. The second kappa shape index (κ2) is 4.37. The van der Waals surface area contributed by atoms with Gasteiger partial charge in [0.05, 0.1) is 6.61 Å². The Labute approximate surface area is 84.5 Å². The Morgan fingerprint density at radius 3 is 2.83 bits per heavy atom. The van der Waals surface area contributed by atoms with Crippen molar-refractivity contribution in [2.24, 2.45) is 5.73 Å². The Bertz CT molecular complexity index is 262. The Morgan fingerprint density at radius 2 is 2.42 bits per heavy atom. The van der Waals surface area contributed by atoms with Gasteiger partial charge in [-0.3, -0.25) is 0 Å². The third-order valence-corrected chi connectivity index (χ3v) is 4.14. The first-order chi connectivity index (χ1) is 5.65. The number of hydrogen-bond acceptors (Lipinski definition) is 3. The van der Waals surface area contributed by atoms with Crippen LogP contribution < -0.4 is 5.73 Å². The fraction of sp³-hybridized carbons (Fsp3) is 0.500. The van der Waals surface area contributed by atoms with E-state index in [-0.39, 0.29) is 12.6 Å². The molecule has 4 heteroatoms. The van der Waals surface area contributed by atoms with Crippen LogP contribution >= 0.6 is 27.3 Å². The molecular formula is C8H12BrNOS. The molecule has 0 bridgehead atoms. The molecule has 1 heterocycles. The molecule has 0 aromatic carbocycles. The van der Waals surface area contributed by atoms with E-state index < -0.39 is 0 Å². The molecule has 1 rings (SSSR count). The van der Waals surface area contributed by atoms with Gasteiger partial charge in [0.25, 0.3) is 0 Å². The van der Waals surface area contributed by atoms with Crippen molar-refractivity contribution in [1.29, 1.82) is 0 Å². The van der Waals surface area contributed by atoms with E-state index in [0.29, 0.717) is 0 Å². The molecule has 0 aliphatic heterocycles. The Hall–Kier alpha value is 0.100. The van der Waals surface area contributed by atoms with E-state index in [1.165, 1.54) is 10.4 Å². The standard InChI is InChI=1S/C8H12BrNOS/c1-5-4-12-7(8(5)9)2-6(10)3-11/h4,6,11H,2-3,10H2,1H3. The van der Waals surface area contributed by atoms with Gasteiger partial charge in [-0.2, -0.15) is 0 Å².